The molecule has 0 heterocycles. The van der Waals surface area contributed by atoms with E-state index in [0.29, 0.717) is 0 Å². The number of rotatable bonds is 4. The standard InChI is InChI=1S/C5H8O6S2/c1-4(12(6,7)8)3-5(2)13(9,10)11/h1-3H2,(H,6,7,8)(H,9,10,11). The summed E-state index contributed by atoms with van der Waals surface area (Å²) in [6.45, 7) is 5.81. The Balaban J connectivity index is 4.72. The van der Waals surface area contributed by atoms with E-state index in [9.17, 15) is 16.8 Å². The molecule has 0 aromatic carbocycles. The van der Waals surface area contributed by atoms with E-state index in [1.165, 1.54) is 0 Å². The molecule has 0 bridgehead atoms. The summed E-state index contributed by atoms with van der Waals surface area (Å²) < 4.78 is 58.0. The second-order valence-electron chi connectivity index (χ2n) is 2.20. The van der Waals surface area contributed by atoms with Gasteiger partial charge in [0.15, 0.2) is 0 Å². The van der Waals surface area contributed by atoms with Crippen molar-refractivity contribution >= 4 is 20.2 Å². The van der Waals surface area contributed by atoms with Crippen molar-refractivity contribution in [3.05, 3.63) is 23.0 Å². The van der Waals surface area contributed by atoms with E-state index in [0.717, 1.165) is 0 Å². The first-order chi connectivity index (χ1) is 5.55. The van der Waals surface area contributed by atoms with Crippen molar-refractivity contribution in [2.45, 2.75) is 6.42 Å². The van der Waals surface area contributed by atoms with Gasteiger partial charge in [-0.3, -0.25) is 9.11 Å². The summed E-state index contributed by atoms with van der Waals surface area (Å²) in [6, 6.07) is 0. The van der Waals surface area contributed by atoms with Gasteiger partial charge < -0.3 is 0 Å². The first-order valence-electron chi connectivity index (χ1n) is 2.85. The summed E-state index contributed by atoms with van der Waals surface area (Å²) in [7, 11) is -8.98. The van der Waals surface area contributed by atoms with Crippen molar-refractivity contribution in [1.29, 1.82) is 0 Å². The lowest BCUT2D eigenvalue weighted by molar-refractivity contribution is 0.488. The van der Waals surface area contributed by atoms with Crippen LogP contribution >= 0.6 is 0 Å². The Bertz CT molecular complexity index is 384. The summed E-state index contributed by atoms with van der Waals surface area (Å²) >= 11 is 0. The molecule has 8 heteroatoms. The molecule has 0 aliphatic carbocycles. The molecule has 0 aromatic heterocycles. The fourth-order valence-electron chi connectivity index (χ4n) is 0.402. The molecule has 6 nitrogen and oxygen atoms in total. The largest absolute Gasteiger partial charge is 0.290 e. The third kappa shape index (κ3) is 4.18. The maximum absolute atomic E-state index is 10.3. The van der Waals surface area contributed by atoms with Crippen molar-refractivity contribution in [2.24, 2.45) is 0 Å². The first-order valence-corrected chi connectivity index (χ1v) is 5.73. The minimum atomic E-state index is -4.49. The predicted octanol–water partition coefficient (Wildman–Crippen LogP) is 0.180. The van der Waals surface area contributed by atoms with Crippen LogP contribution in [0.5, 0.6) is 0 Å². The van der Waals surface area contributed by atoms with Gasteiger partial charge in [-0.05, 0) is 0 Å². The second-order valence-corrected chi connectivity index (χ2v) is 5.26. The van der Waals surface area contributed by atoms with E-state index < -0.39 is 36.5 Å². The summed E-state index contributed by atoms with van der Waals surface area (Å²) in [6.07, 6.45) is -0.725. The normalized spacial score (nSPS) is 12.5. The molecule has 0 spiro atoms. The van der Waals surface area contributed by atoms with Gasteiger partial charge in [0.05, 0.1) is 9.81 Å². The maximum Gasteiger partial charge on any atom is 0.290 e. The lowest BCUT2D eigenvalue weighted by Crippen LogP contribution is -2.06. The van der Waals surface area contributed by atoms with Crippen LogP contribution in [0.25, 0.3) is 0 Å². The van der Waals surface area contributed by atoms with Crippen molar-refractivity contribution in [2.75, 3.05) is 0 Å². The summed E-state index contributed by atoms with van der Waals surface area (Å²) in [5.74, 6) is 0. The highest BCUT2D eigenvalue weighted by atomic mass is 32.2. The minimum Gasteiger partial charge on any atom is -0.282 e. The molecule has 13 heavy (non-hydrogen) atoms. The van der Waals surface area contributed by atoms with E-state index in [1.807, 2.05) is 0 Å². The molecule has 0 amide bonds. The lowest BCUT2D eigenvalue weighted by Gasteiger charge is -2.02. The van der Waals surface area contributed by atoms with Gasteiger partial charge in [-0.25, -0.2) is 0 Å². The molecule has 0 aromatic rings. The van der Waals surface area contributed by atoms with E-state index >= 15 is 0 Å². The highest BCUT2D eigenvalue weighted by Crippen LogP contribution is 2.16. The van der Waals surface area contributed by atoms with Crippen LogP contribution in [0, 0.1) is 0 Å². The van der Waals surface area contributed by atoms with E-state index in [-0.39, 0.29) is 0 Å². The second kappa shape index (κ2) is 3.58. The van der Waals surface area contributed by atoms with Gasteiger partial charge in [0.2, 0.25) is 0 Å². The maximum atomic E-state index is 10.3. The van der Waals surface area contributed by atoms with Crippen LogP contribution in [0.2, 0.25) is 0 Å². The lowest BCUT2D eigenvalue weighted by atomic mass is 10.4. The minimum absolute atomic E-state index is 0.725. The van der Waals surface area contributed by atoms with Crippen molar-refractivity contribution < 1.29 is 25.9 Å². The molecule has 0 aliphatic rings. The Morgan fingerprint density at radius 1 is 0.923 bits per heavy atom. The van der Waals surface area contributed by atoms with Gasteiger partial charge in [-0.15, -0.1) is 0 Å². The fraction of sp³-hybridized carbons (Fsp3) is 0.200. The molecule has 0 unspecified atom stereocenters. The highest BCUT2D eigenvalue weighted by Gasteiger charge is 2.18. The van der Waals surface area contributed by atoms with Crippen LogP contribution in [-0.4, -0.2) is 25.9 Å². The van der Waals surface area contributed by atoms with Gasteiger partial charge in [0.1, 0.15) is 0 Å². The summed E-state index contributed by atoms with van der Waals surface area (Å²) in [4.78, 5) is -1.48. The Hall–Kier alpha value is -0.700. The first kappa shape index (κ1) is 12.3. The third-order valence-corrected chi connectivity index (χ3v) is 2.87. The molecule has 2 N–H and O–H groups in total. The zero-order chi connectivity index (χ0) is 10.9. The molecule has 0 atom stereocenters. The van der Waals surface area contributed by atoms with Crippen LogP contribution in [0.4, 0.5) is 0 Å². The van der Waals surface area contributed by atoms with Gasteiger partial charge in [-0.2, -0.15) is 16.8 Å². The quantitative estimate of drug-likeness (QED) is 0.664. The molecule has 0 rings (SSSR count). The Morgan fingerprint density at radius 3 is 1.31 bits per heavy atom. The number of hydrogen-bond donors (Lipinski definition) is 2. The molecule has 0 saturated heterocycles. The molecular weight excluding hydrogens is 220 g/mol. The molecule has 0 radical (unpaired) electrons. The molecule has 0 saturated carbocycles. The van der Waals surface area contributed by atoms with Crippen molar-refractivity contribution in [3.63, 3.8) is 0 Å². The average Bonchev–Trinajstić information content (AvgIpc) is 1.82. The summed E-state index contributed by atoms with van der Waals surface area (Å²) in [5.41, 5.74) is 0. The Labute approximate surface area is 76.1 Å². The van der Waals surface area contributed by atoms with Gasteiger partial charge in [0.25, 0.3) is 20.2 Å². The Kier molecular flexibility index (Phi) is 3.39. The molecule has 0 fully saturated rings. The zero-order valence-electron chi connectivity index (χ0n) is 6.47. The van der Waals surface area contributed by atoms with Crippen LogP contribution in [0.15, 0.2) is 23.0 Å². The highest BCUT2D eigenvalue weighted by molar-refractivity contribution is 7.91. The SMILES string of the molecule is C=C(CC(=C)S(=O)(=O)O)S(=O)(=O)O. The molecule has 76 valence electrons. The van der Waals surface area contributed by atoms with Crippen LogP contribution in [-0.2, 0) is 20.2 Å². The predicted molar refractivity (Wildman–Crippen MR) is 46.0 cm³/mol. The van der Waals surface area contributed by atoms with E-state index in [2.05, 4.69) is 13.2 Å². The van der Waals surface area contributed by atoms with Gasteiger partial charge >= 0.3 is 0 Å². The van der Waals surface area contributed by atoms with Crippen LogP contribution in [0.1, 0.15) is 6.42 Å². The van der Waals surface area contributed by atoms with Crippen molar-refractivity contribution in [1.82, 2.24) is 0 Å². The smallest absolute Gasteiger partial charge is 0.282 e. The zero-order valence-corrected chi connectivity index (χ0v) is 8.10. The van der Waals surface area contributed by atoms with Gasteiger partial charge in [-0.1, -0.05) is 13.2 Å². The van der Waals surface area contributed by atoms with E-state index in [4.69, 9.17) is 9.11 Å². The average molecular weight is 228 g/mol. The topological polar surface area (TPSA) is 109 Å². The van der Waals surface area contributed by atoms with E-state index in [1.54, 1.807) is 0 Å². The third-order valence-electron chi connectivity index (χ3n) is 1.12. The van der Waals surface area contributed by atoms with Crippen molar-refractivity contribution in [3.8, 4) is 0 Å². The Morgan fingerprint density at radius 2 is 1.15 bits per heavy atom. The fourth-order valence-corrected chi connectivity index (χ4v) is 1.21. The van der Waals surface area contributed by atoms with Gasteiger partial charge in [0, 0.05) is 6.42 Å². The van der Waals surface area contributed by atoms with Crippen LogP contribution in [0.3, 0.4) is 0 Å². The molecular formula is C5H8O6S2. The monoisotopic (exact) mass is 228 g/mol. The molecule has 0 aliphatic heterocycles. The number of hydrogen-bond acceptors (Lipinski definition) is 4. The summed E-state index contributed by atoms with van der Waals surface area (Å²) in [5, 5.41) is 0. The van der Waals surface area contributed by atoms with Crippen LogP contribution < -0.4 is 0 Å². The number of allylic oxidation sites excluding steroid dienone is 2.